The van der Waals surface area contributed by atoms with E-state index in [1.54, 1.807) is 12.4 Å². The van der Waals surface area contributed by atoms with Crippen LogP contribution in [-0.4, -0.2) is 71.0 Å². The van der Waals surface area contributed by atoms with Crippen LogP contribution in [0.1, 0.15) is 11.1 Å². The summed E-state index contributed by atoms with van der Waals surface area (Å²) in [6.07, 6.45) is 3.37. The van der Waals surface area contributed by atoms with Gasteiger partial charge in [0.25, 0.3) is 0 Å². The lowest BCUT2D eigenvalue weighted by atomic mass is 10.1. The molecule has 0 unspecified atom stereocenters. The third-order valence-corrected chi connectivity index (χ3v) is 5.93. The first kappa shape index (κ1) is 18.1. The SMILES string of the molecule is OC(=CC1=Nc2cc(N3CCOCC3)ccc2C2=NCCN12)c1ccc2[nH]cnc2c1. The number of hydrogen-bond donors (Lipinski definition) is 2. The number of imidazole rings is 1. The Morgan fingerprint density at radius 3 is 2.90 bits per heavy atom. The van der Waals surface area contributed by atoms with Gasteiger partial charge in [-0.15, -0.1) is 0 Å². The van der Waals surface area contributed by atoms with Crippen LogP contribution in [0.5, 0.6) is 0 Å². The Balaban J connectivity index is 1.39. The fraction of sp³-hybridized carbons (Fsp3) is 0.261. The zero-order valence-corrected chi connectivity index (χ0v) is 17.0. The number of ether oxygens (including phenoxy) is 1. The average molecular weight is 414 g/mol. The number of aromatic amines is 1. The van der Waals surface area contributed by atoms with E-state index >= 15 is 0 Å². The number of aliphatic hydroxyl groups is 1. The molecule has 1 aromatic heterocycles. The second-order valence-electron chi connectivity index (χ2n) is 7.79. The van der Waals surface area contributed by atoms with Gasteiger partial charge in [0.15, 0.2) is 0 Å². The van der Waals surface area contributed by atoms with E-state index in [2.05, 4.69) is 38.0 Å². The van der Waals surface area contributed by atoms with Crippen LogP contribution in [0, 0.1) is 0 Å². The highest BCUT2D eigenvalue weighted by atomic mass is 16.5. The van der Waals surface area contributed by atoms with Gasteiger partial charge in [0.05, 0.1) is 42.8 Å². The molecule has 1 saturated heterocycles. The number of H-pyrrole nitrogens is 1. The standard InChI is InChI=1S/C23H22N6O2/c30-21(15-1-4-18-20(11-15)26-14-25-18)13-22-27-19-12-16(28-7-9-31-10-8-28)2-3-17(19)23-24-5-6-29(22)23/h1-4,11-14,30H,5-10H2,(H,25,26). The number of aromatic nitrogens is 2. The van der Waals surface area contributed by atoms with Crippen LogP contribution in [0.25, 0.3) is 16.8 Å². The molecule has 0 amide bonds. The van der Waals surface area contributed by atoms with Gasteiger partial charge in [-0.3, -0.25) is 4.99 Å². The molecule has 0 atom stereocenters. The molecule has 3 aromatic rings. The maximum atomic E-state index is 10.8. The Morgan fingerprint density at radius 2 is 2.00 bits per heavy atom. The Kier molecular flexibility index (Phi) is 4.24. The number of aliphatic imine (C=N–C) groups is 2. The van der Waals surface area contributed by atoms with E-state index in [9.17, 15) is 5.11 Å². The molecule has 8 nitrogen and oxygen atoms in total. The van der Waals surface area contributed by atoms with Crippen molar-refractivity contribution in [3.63, 3.8) is 0 Å². The number of morpholine rings is 1. The fourth-order valence-corrected chi connectivity index (χ4v) is 4.31. The summed E-state index contributed by atoms with van der Waals surface area (Å²) in [5.41, 5.74) is 5.49. The van der Waals surface area contributed by atoms with Crippen molar-refractivity contribution in [3.8, 4) is 0 Å². The van der Waals surface area contributed by atoms with Crippen molar-refractivity contribution in [3.05, 3.63) is 59.9 Å². The Labute approximate surface area is 179 Å². The van der Waals surface area contributed by atoms with Gasteiger partial charge in [-0.2, -0.15) is 0 Å². The summed E-state index contributed by atoms with van der Waals surface area (Å²) in [6.45, 7) is 4.69. The summed E-state index contributed by atoms with van der Waals surface area (Å²) >= 11 is 0. The van der Waals surface area contributed by atoms with Crippen LogP contribution < -0.4 is 4.90 Å². The molecule has 0 spiro atoms. The summed E-state index contributed by atoms with van der Waals surface area (Å²) in [6, 6.07) is 12.0. The predicted molar refractivity (Wildman–Crippen MR) is 121 cm³/mol. The van der Waals surface area contributed by atoms with E-state index in [-0.39, 0.29) is 5.76 Å². The molecule has 31 heavy (non-hydrogen) atoms. The Morgan fingerprint density at radius 1 is 1.10 bits per heavy atom. The van der Waals surface area contributed by atoms with Crippen LogP contribution in [-0.2, 0) is 4.74 Å². The van der Waals surface area contributed by atoms with E-state index in [1.165, 1.54) is 0 Å². The van der Waals surface area contributed by atoms with Gasteiger partial charge in [0.2, 0.25) is 0 Å². The Bertz CT molecular complexity index is 1250. The number of benzene rings is 2. The zero-order chi connectivity index (χ0) is 20.8. The summed E-state index contributed by atoms with van der Waals surface area (Å²) in [5, 5.41) is 10.8. The Hall–Kier alpha value is -3.65. The fourth-order valence-electron chi connectivity index (χ4n) is 4.31. The molecule has 0 radical (unpaired) electrons. The minimum Gasteiger partial charge on any atom is -0.507 e. The van der Waals surface area contributed by atoms with Gasteiger partial charge in [0.1, 0.15) is 17.4 Å². The predicted octanol–water partition coefficient (Wildman–Crippen LogP) is 3.10. The smallest absolute Gasteiger partial charge is 0.138 e. The largest absolute Gasteiger partial charge is 0.507 e. The van der Waals surface area contributed by atoms with Crippen molar-refractivity contribution in [2.45, 2.75) is 0 Å². The third kappa shape index (κ3) is 3.16. The number of aliphatic hydroxyl groups excluding tert-OH is 1. The number of amidine groups is 2. The minimum atomic E-state index is 0.155. The van der Waals surface area contributed by atoms with E-state index < -0.39 is 0 Å². The van der Waals surface area contributed by atoms with Crippen LogP contribution in [0.4, 0.5) is 11.4 Å². The number of rotatable bonds is 3. The highest BCUT2D eigenvalue weighted by molar-refractivity contribution is 6.20. The van der Waals surface area contributed by atoms with Crippen molar-refractivity contribution in [1.29, 1.82) is 0 Å². The summed E-state index contributed by atoms with van der Waals surface area (Å²) in [5.74, 6) is 1.77. The molecule has 1 fully saturated rings. The lowest BCUT2D eigenvalue weighted by Crippen LogP contribution is -2.37. The van der Waals surface area contributed by atoms with Gasteiger partial charge in [-0.1, -0.05) is 0 Å². The number of nitrogens with zero attached hydrogens (tertiary/aromatic N) is 5. The number of hydrogen-bond acceptors (Lipinski definition) is 7. The van der Waals surface area contributed by atoms with Gasteiger partial charge < -0.3 is 24.6 Å². The lowest BCUT2D eigenvalue weighted by molar-refractivity contribution is 0.122. The van der Waals surface area contributed by atoms with Gasteiger partial charge in [-0.05, 0) is 36.4 Å². The number of nitrogens with one attached hydrogen (secondary N) is 1. The van der Waals surface area contributed by atoms with Crippen LogP contribution in [0.15, 0.2) is 58.8 Å². The maximum absolute atomic E-state index is 10.8. The first-order chi connectivity index (χ1) is 15.3. The van der Waals surface area contributed by atoms with Crippen molar-refractivity contribution in [2.24, 2.45) is 9.98 Å². The normalized spacial score (nSPS) is 18.6. The topological polar surface area (TPSA) is 89.3 Å². The molecule has 0 bridgehead atoms. The summed E-state index contributed by atoms with van der Waals surface area (Å²) in [7, 11) is 0. The van der Waals surface area contributed by atoms with Crippen LogP contribution >= 0.6 is 0 Å². The number of anilines is 1. The van der Waals surface area contributed by atoms with Gasteiger partial charge >= 0.3 is 0 Å². The summed E-state index contributed by atoms with van der Waals surface area (Å²) < 4.78 is 5.48. The quantitative estimate of drug-likeness (QED) is 0.643. The van der Waals surface area contributed by atoms with E-state index in [0.29, 0.717) is 17.9 Å². The highest BCUT2D eigenvalue weighted by Gasteiger charge is 2.29. The summed E-state index contributed by atoms with van der Waals surface area (Å²) in [4.78, 5) is 21.3. The molecule has 6 rings (SSSR count). The molecule has 3 aliphatic rings. The zero-order valence-electron chi connectivity index (χ0n) is 17.0. The van der Waals surface area contributed by atoms with Crippen molar-refractivity contribution in [2.75, 3.05) is 44.3 Å². The molecule has 3 aliphatic heterocycles. The molecule has 0 aliphatic carbocycles. The molecule has 4 heterocycles. The number of fused-ring (bicyclic) bond motifs is 4. The highest BCUT2D eigenvalue weighted by Crippen LogP contribution is 2.33. The van der Waals surface area contributed by atoms with Crippen molar-refractivity contribution >= 4 is 39.8 Å². The first-order valence-electron chi connectivity index (χ1n) is 10.5. The second kappa shape index (κ2) is 7.24. The molecular weight excluding hydrogens is 392 g/mol. The molecular formula is C23H22N6O2. The third-order valence-electron chi connectivity index (χ3n) is 5.93. The molecule has 2 N–H and O–H groups in total. The molecule has 0 saturated carbocycles. The van der Waals surface area contributed by atoms with Crippen LogP contribution in [0.3, 0.4) is 0 Å². The first-order valence-corrected chi connectivity index (χ1v) is 10.5. The monoisotopic (exact) mass is 414 g/mol. The van der Waals surface area contributed by atoms with Gasteiger partial charge in [0, 0.05) is 42.5 Å². The lowest BCUT2D eigenvalue weighted by Gasteiger charge is -2.31. The average Bonchev–Trinajstić information content (AvgIpc) is 3.49. The molecule has 8 heteroatoms. The van der Waals surface area contributed by atoms with Crippen molar-refractivity contribution < 1.29 is 9.84 Å². The van der Waals surface area contributed by atoms with Crippen molar-refractivity contribution in [1.82, 2.24) is 14.9 Å². The maximum Gasteiger partial charge on any atom is 0.138 e. The van der Waals surface area contributed by atoms with Gasteiger partial charge in [-0.25, -0.2) is 9.98 Å². The minimum absolute atomic E-state index is 0.155. The van der Waals surface area contributed by atoms with E-state index in [1.807, 2.05) is 18.2 Å². The molecule has 2 aromatic carbocycles. The van der Waals surface area contributed by atoms with Crippen LogP contribution in [0.2, 0.25) is 0 Å². The molecule has 156 valence electrons. The van der Waals surface area contributed by atoms with E-state index in [4.69, 9.17) is 14.7 Å². The van der Waals surface area contributed by atoms with E-state index in [0.717, 1.165) is 66.7 Å². The second-order valence-corrected chi connectivity index (χ2v) is 7.79.